The number of nitrogens with two attached hydrogens (primary N) is 1. The molecule has 0 spiro atoms. The molecule has 1 saturated heterocycles. The van der Waals surface area contributed by atoms with Crippen molar-refractivity contribution < 1.29 is 14.3 Å². The molecule has 1 aromatic carbocycles. The highest BCUT2D eigenvalue weighted by atomic mass is 16.5. The Morgan fingerprint density at radius 2 is 2.04 bits per heavy atom. The summed E-state index contributed by atoms with van der Waals surface area (Å²) in [4.78, 5) is 34.0. The SMILES string of the molecule is Cc1ncc([C@H](C)c2ccc(N3CCOCC3=O)cc2C(N)=O)cn1. The molecule has 1 aromatic heterocycles. The van der Waals surface area contributed by atoms with E-state index in [9.17, 15) is 9.59 Å². The Labute approximate surface area is 145 Å². The van der Waals surface area contributed by atoms with Gasteiger partial charge >= 0.3 is 0 Å². The summed E-state index contributed by atoms with van der Waals surface area (Å²) in [6.07, 6.45) is 3.49. The molecule has 0 radical (unpaired) electrons. The van der Waals surface area contributed by atoms with Crippen LogP contribution in [0.15, 0.2) is 30.6 Å². The van der Waals surface area contributed by atoms with Crippen LogP contribution in [0.2, 0.25) is 0 Å². The number of primary amides is 1. The first-order chi connectivity index (χ1) is 12.0. The van der Waals surface area contributed by atoms with Gasteiger partial charge in [-0.3, -0.25) is 9.59 Å². The van der Waals surface area contributed by atoms with Gasteiger partial charge < -0.3 is 15.4 Å². The van der Waals surface area contributed by atoms with Crippen molar-refractivity contribution in [2.75, 3.05) is 24.7 Å². The molecule has 0 saturated carbocycles. The summed E-state index contributed by atoms with van der Waals surface area (Å²) in [6, 6.07) is 5.34. The average Bonchev–Trinajstić information content (AvgIpc) is 2.61. The number of carbonyl (C=O) groups excluding carboxylic acids is 2. The molecule has 1 fully saturated rings. The van der Waals surface area contributed by atoms with Crippen molar-refractivity contribution in [3.05, 3.63) is 53.1 Å². The van der Waals surface area contributed by atoms with Gasteiger partial charge in [-0.2, -0.15) is 0 Å². The number of ether oxygens (including phenoxy) is 1. The summed E-state index contributed by atoms with van der Waals surface area (Å²) in [5, 5.41) is 0. The Hall–Kier alpha value is -2.80. The van der Waals surface area contributed by atoms with E-state index >= 15 is 0 Å². The second-order valence-corrected chi connectivity index (χ2v) is 6.02. The minimum absolute atomic E-state index is 0.0464. The zero-order valence-corrected chi connectivity index (χ0v) is 14.2. The number of hydrogen-bond donors (Lipinski definition) is 1. The van der Waals surface area contributed by atoms with Crippen LogP contribution in [0.3, 0.4) is 0 Å². The van der Waals surface area contributed by atoms with Gasteiger partial charge in [0.2, 0.25) is 5.91 Å². The molecule has 1 aliphatic rings. The van der Waals surface area contributed by atoms with E-state index in [1.807, 2.05) is 26.0 Å². The maximum atomic E-state index is 12.0. The zero-order chi connectivity index (χ0) is 18.0. The van der Waals surface area contributed by atoms with Crippen molar-refractivity contribution in [3.8, 4) is 0 Å². The quantitative estimate of drug-likeness (QED) is 0.907. The molecule has 1 aliphatic heterocycles. The second kappa shape index (κ2) is 6.98. The van der Waals surface area contributed by atoms with Crippen molar-refractivity contribution in [1.82, 2.24) is 9.97 Å². The van der Waals surface area contributed by atoms with Crippen LogP contribution in [0.1, 0.15) is 40.2 Å². The van der Waals surface area contributed by atoms with Crippen LogP contribution in [0, 0.1) is 6.92 Å². The lowest BCUT2D eigenvalue weighted by Crippen LogP contribution is -2.41. The minimum atomic E-state index is -0.530. The Morgan fingerprint density at radius 3 is 2.68 bits per heavy atom. The number of rotatable bonds is 4. The summed E-state index contributed by atoms with van der Waals surface area (Å²) in [7, 11) is 0. The topological polar surface area (TPSA) is 98.4 Å². The van der Waals surface area contributed by atoms with Crippen LogP contribution in [-0.2, 0) is 9.53 Å². The van der Waals surface area contributed by atoms with Crippen molar-refractivity contribution in [2.45, 2.75) is 19.8 Å². The number of carbonyl (C=O) groups is 2. The van der Waals surface area contributed by atoms with Gasteiger partial charge in [0, 0.05) is 36.1 Å². The highest BCUT2D eigenvalue weighted by molar-refractivity contribution is 5.99. The predicted molar refractivity (Wildman–Crippen MR) is 92.4 cm³/mol. The first-order valence-electron chi connectivity index (χ1n) is 8.07. The Balaban J connectivity index is 1.98. The summed E-state index contributed by atoms with van der Waals surface area (Å²) >= 11 is 0. The molecule has 0 bridgehead atoms. The number of anilines is 1. The number of morpholine rings is 1. The van der Waals surface area contributed by atoms with Gasteiger partial charge in [-0.1, -0.05) is 13.0 Å². The first-order valence-corrected chi connectivity index (χ1v) is 8.07. The fraction of sp³-hybridized carbons (Fsp3) is 0.333. The molecule has 25 heavy (non-hydrogen) atoms. The molecule has 7 nitrogen and oxygen atoms in total. The number of amides is 2. The monoisotopic (exact) mass is 340 g/mol. The van der Waals surface area contributed by atoms with Gasteiger partial charge in [-0.05, 0) is 30.2 Å². The van der Waals surface area contributed by atoms with Gasteiger partial charge in [0.1, 0.15) is 12.4 Å². The van der Waals surface area contributed by atoms with Crippen LogP contribution >= 0.6 is 0 Å². The van der Waals surface area contributed by atoms with Gasteiger partial charge in [0.15, 0.2) is 0 Å². The third-order valence-corrected chi connectivity index (χ3v) is 4.37. The molecular weight excluding hydrogens is 320 g/mol. The van der Waals surface area contributed by atoms with Gasteiger partial charge in [-0.15, -0.1) is 0 Å². The van der Waals surface area contributed by atoms with Crippen LogP contribution in [0.25, 0.3) is 0 Å². The lowest BCUT2D eigenvalue weighted by molar-refractivity contribution is -0.125. The molecule has 1 atom stereocenters. The summed E-state index contributed by atoms with van der Waals surface area (Å²) in [5.41, 5.74) is 8.31. The summed E-state index contributed by atoms with van der Waals surface area (Å²) in [6.45, 7) is 4.76. The first kappa shape index (κ1) is 17.0. The van der Waals surface area contributed by atoms with Crippen molar-refractivity contribution in [1.29, 1.82) is 0 Å². The lowest BCUT2D eigenvalue weighted by Gasteiger charge is -2.28. The third-order valence-electron chi connectivity index (χ3n) is 4.37. The van der Waals surface area contributed by atoms with Gasteiger partial charge in [0.05, 0.1) is 6.61 Å². The highest BCUT2D eigenvalue weighted by Crippen LogP contribution is 2.29. The van der Waals surface area contributed by atoms with Crippen LogP contribution < -0.4 is 10.6 Å². The van der Waals surface area contributed by atoms with E-state index in [0.29, 0.717) is 30.2 Å². The molecule has 0 aliphatic carbocycles. The van der Waals surface area contributed by atoms with Crippen LogP contribution in [0.4, 0.5) is 5.69 Å². The minimum Gasteiger partial charge on any atom is -0.370 e. The maximum absolute atomic E-state index is 12.0. The average molecular weight is 340 g/mol. The van der Waals surface area contributed by atoms with E-state index < -0.39 is 5.91 Å². The highest BCUT2D eigenvalue weighted by Gasteiger charge is 2.23. The third kappa shape index (κ3) is 3.51. The number of aryl methyl sites for hydroxylation is 1. The Kier molecular flexibility index (Phi) is 4.76. The van der Waals surface area contributed by atoms with E-state index in [0.717, 1.165) is 11.1 Å². The van der Waals surface area contributed by atoms with Crippen molar-refractivity contribution in [2.24, 2.45) is 5.73 Å². The van der Waals surface area contributed by atoms with E-state index in [4.69, 9.17) is 10.5 Å². The number of benzene rings is 1. The standard InChI is InChI=1S/C18H20N4O3/c1-11(13-8-20-12(2)21-9-13)15-4-3-14(7-16(15)18(19)24)22-5-6-25-10-17(22)23/h3-4,7-9,11H,5-6,10H2,1-2H3,(H2,19,24)/t11-/m0/s1. The van der Waals surface area contributed by atoms with Gasteiger partial charge in [0.25, 0.3) is 5.91 Å². The van der Waals surface area contributed by atoms with Crippen LogP contribution in [0.5, 0.6) is 0 Å². The van der Waals surface area contributed by atoms with E-state index in [1.54, 1.807) is 23.4 Å². The predicted octanol–water partition coefficient (Wildman–Crippen LogP) is 1.40. The molecule has 2 aromatic rings. The van der Waals surface area contributed by atoms with E-state index in [-0.39, 0.29) is 18.4 Å². The Morgan fingerprint density at radius 1 is 1.32 bits per heavy atom. The second-order valence-electron chi connectivity index (χ2n) is 6.02. The largest absolute Gasteiger partial charge is 0.370 e. The molecule has 2 heterocycles. The number of hydrogen-bond acceptors (Lipinski definition) is 5. The zero-order valence-electron chi connectivity index (χ0n) is 14.2. The molecular formula is C18H20N4O3. The normalized spacial score (nSPS) is 15.9. The van der Waals surface area contributed by atoms with Crippen molar-refractivity contribution >= 4 is 17.5 Å². The molecule has 2 N–H and O–H groups in total. The number of nitrogens with zero attached hydrogens (tertiary/aromatic N) is 3. The smallest absolute Gasteiger partial charge is 0.253 e. The van der Waals surface area contributed by atoms with E-state index in [2.05, 4.69) is 9.97 Å². The van der Waals surface area contributed by atoms with Crippen LogP contribution in [-0.4, -0.2) is 41.5 Å². The fourth-order valence-corrected chi connectivity index (χ4v) is 2.90. The fourth-order valence-electron chi connectivity index (χ4n) is 2.90. The molecule has 7 heteroatoms. The van der Waals surface area contributed by atoms with Crippen molar-refractivity contribution in [3.63, 3.8) is 0 Å². The lowest BCUT2D eigenvalue weighted by atomic mass is 9.90. The Bertz CT molecular complexity index is 804. The molecule has 130 valence electrons. The molecule has 3 rings (SSSR count). The molecule has 2 amide bonds. The number of aromatic nitrogens is 2. The molecule has 0 unspecified atom stereocenters. The summed E-state index contributed by atoms with van der Waals surface area (Å²) in [5.74, 6) is -0.0726. The maximum Gasteiger partial charge on any atom is 0.253 e. The van der Waals surface area contributed by atoms with Gasteiger partial charge in [-0.25, -0.2) is 9.97 Å². The summed E-state index contributed by atoms with van der Waals surface area (Å²) < 4.78 is 5.14. The van der Waals surface area contributed by atoms with E-state index in [1.165, 1.54) is 0 Å².